The third-order valence-electron chi connectivity index (χ3n) is 2.71. The number of benzene rings is 2. The third kappa shape index (κ3) is 3.19. The lowest BCUT2D eigenvalue weighted by Gasteiger charge is -2.10. The molecule has 0 heterocycles. The van der Waals surface area contributed by atoms with Crippen LogP contribution in [0.3, 0.4) is 0 Å². The summed E-state index contributed by atoms with van der Waals surface area (Å²) in [7, 11) is 0. The summed E-state index contributed by atoms with van der Waals surface area (Å²) in [6.45, 7) is 1.88. The van der Waals surface area contributed by atoms with Gasteiger partial charge in [-0.05, 0) is 42.8 Å². The van der Waals surface area contributed by atoms with E-state index in [0.717, 1.165) is 5.56 Å². The molecule has 3 N–H and O–H groups in total. The summed E-state index contributed by atoms with van der Waals surface area (Å²) in [4.78, 5) is 12.2. The van der Waals surface area contributed by atoms with E-state index in [2.05, 4.69) is 5.32 Å². The van der Waals surface area contributed by atoms with Crippen LogP contribution < -0.4 is 11.1 Å². The molecule has 2 rings (SSSR count). The summed E-state index contributed by atoms with van der Waals surface area (Å²) in [6, 6.07) is 10.1. The minimum absolute atomic E-state index is 0.314. The van der Waals surface area contributed by atoms with Crippen LogP contribution in [0.15, 0.2) is 36.4 Å². The molecule has 3 nitrogen and oxygen atoms in total. The van der Waals surface area contributed by atoms with Gasteiger partial charge in [0.05, 0.1) is 5.56 Å². The molecule has 0 aliphatic rings. The van der Waals surface area contributed by atoms with Crippen molar-refractivity contribution in [3.63, 3.8) is 0 Å². The maximum absolute atomic E-state index is 12.2. The molecule has 0 aliphatic carbocycles. The van der Waals surface area contributed by atoms with E-state index in [0.29, 0.717) is 27.0 Å². The average Bonchev–Trinajstić information content (AvgIpc) is 2.36. The van der Waals surface area contributed by atoms with E-state index >= 15 is 0 Å². The first kappa shape index (κ1) is 13.7. The van der Waals surface area contributed by atoms with Crippen molar-refractivity contribution in [3.05, 3.63) is 57.6 Å². The van der Waals surface area contributed by atoms with Crippen molar-refractivity contribution in [2.45, 2.75) is 6.92 Å². The van der Waals surface area contributed by atoms with Gasteiger partial charge in [0, 0.05) is 21.4 Å². The van der Waals surface area contributed by atoms with Crippen molar-refractivity contribution in [1.82, 2.24) is 0 Å². The van der Waals surface area contributed by atoms with Crippen molar-refractivity contribution in [1.29, 1.82) is 0 Å². The van der Waals surface area contributed by atoms with E-state index in [9.17, 15) is 4.79 Å². The summed E-state index contributed by atoms with van der Waals surface area (Å²) < 4.78 is 0. The first-order valence-corrected chi connectivity index (χ1v) is 6.35. The third-order valence-corrected chi connectivity index (χ3v) is 3.18. The Morgan fingerprint density at radius 1 is 1.11 bits per heavy atom. The molecule has 5 heteroatoms. The summed E-state index contributed by atoms with van der Waals surface area (Å²) in [5.41, 5.74) is 8.05. The van der Waals surface area contributed by atoms with E-state index < -0.39 is 0 Å². The lowest BCUT2D eigenvalue weighted by molar-refractivity contribution is 0.102. The number of hydrogen-bond donors (Lipinski definition) is 2. The van der Waals surface area contributed by atoms with Crippen LogP contribution in [0.1, 0.15) is 15.9 Å². The molecule has 0 bridgehead atoms. The molecule has 2 aromatic carbocycles. The van der Waals surface area contributed by atoms with Crippen molar-refractivity contribution in [2.75, 3.05) is 11.1 Å². The first-order valence-electron chi connectivity index (χ1n) is 5.60. The van der Waals surface area contributed by atoms with Crippen LogP contribution in [0, 0.1) is 6.92 Å². The van der Waals surface area contributed by atoms with Crippen LogP contribution in [0.25, 0.3) is 0 Å². The molecule has 1 amide bonds. The highest BCUT2D eigenvalue weighted by molar-refractivity contribution is 6.31. The number of nitrogens with two attached hydrogens (primary N) is 1. The number of nitrogen functional groups attached to an aromatic ring is 1. The number of amides is 1. The minimum atomic E-state index is -0.314. The predicted molar refractivity (Wildman–Crippen MR) is 80.0 cm³/mol. The normalized spacial score (nSPS) is 10.3. The maximum Gasteiger partial charge on any atom is 0.257 e. The van der Waals surface area contributed by atoms with Gasteiger partial charge >= 0.3 is 0 Å². The molecule has 0 fully saturated rings. The highest BCUT2D eigenvalue weighted by Gasteiger charge is 2.12. The van der Waals surface area contributed by atoms with Crippen molar-refractivity contribution in [3.8, 4) is 0 Å². The molecule has 2 aromatic rings. The molecule has 0 radical (unpaired) electrons. The Balaban J connectivity index is 2.30. The van der Waals surface area contributed by atoms with Gasteiger partial charge in [-0.25, -0.2) is 0 Å². The van der Waals surface area contributed by atoms with Crippen LogP contribution >= 0.6 is 23.2 Å². The van der Waals surface area contributed by atoms with E-state index in [1.165, 1.54) is 6.07 Å². The minimum Gasteiger partial charge on any atom is -0.398 e. The topological polar surface area (TPSA) is 55.1 Å². The van der Waals surface area contributed by atoms with Gasteiger partial charge < -0.3 is 11.1 Å². The van der Waals surface area contributed by atoms with Crippen LogP contribution in [0.5, 0.6) is 0 Å². The molecule has 0 atom stereocenters. The number of aryl methyl sites for hydroxylation is 1. The summed E-state index contributed by atoms with van der Waals surface area (Å²) in [6.07, 6.45) is 0. The Morgan fingerprint density at radius 2 is 1.74 bits per heavy atom. The second kappa shape index (κ2) is 5.51. The molecule has 19 heavy (non-hydrogen) atoms. The van der Waals surface area contributed by atoms with Gasteiger partial charge in [0.1, 0.15) is 0 Å². The molecule has 0 aliphatic heterocycles. The Labute approximate surface area is 121 Å². The molecular formula is C14H12Cl2N2O. The Hall–Kier alpha value is -1.71. The SMILES string of the molecule is Cc1ccc(Cl)cc1NC(=O)c1cc(Cl)ccc1N. The zero-order valence-electron chi connectivity index (χ0n) is 10.2. The second-order valence-corrected chi connectivity index (χ2v) is 5.02. The van der Waals surface area contributed by atoms with Gasteiger partial charge in [0.25, 0.3) is 5.91 Å². The number of halogens is 2. The van der Waals surface area contributed by atoms with E-state index in [4.69, 9.17) is 28.9 Å². The van der Waals surface area contributed by atoms with Gasteiger partial charge in [-0.1, -0.05) is 29.3 Å². The summed E-state index contributed by atoms with van der Waals surface area (Å²) >= 11 is 11.8. The number of rotatable bonds is 2. The van der Waals surface area contributed by atoms with Crippen molar-refractivity contribution >= 4 is 40.5 Å². The lowest BCUT2D eigenvalue weighted by Crippen LogP contribution is -2.14. The number of hydrogen-bond acceptors (Lipinski definition) is 2. The molecule has 0 saturated heterocycles. The first-order chi connectivity index (χ1) is 8.97. The zero-order valence-corrected chi connectivity index (χ0v) is 11.7. The zero-order chi connectivity index (χ0) is 14.0. The quantitative estimate of drug-likeness (QED) is 0.818. The lowest BCUT2D eigenvalue weighted by atomic mass is 10.1. The standard InChI is InChI=1S/C14H12Cl2N2O/c1-8-2-3-10(16)7-13(8)18-14(19)11-6-9(15)4-5-12(11)17/h2-7H,17H2,1H3,(H,18,19). The average molecular weight is 295 g/mol. The van der Waals surface area contributed by atoms with Gasteiger partial charge in [-0.15, -0.1) is 0 Å². The van der Waals surface area contributed by atoms with E-state index in [-0.39, 0.29) is 5.91 Å². The fourth-order valence-electron chi connectivity index (χ4n) is 1.64. The van der Waals surface area contributed by atoms with Crippen LogP contribution in [0.2, 0.25) is 10.0 Å². The molecule has 0 aromatic heterocycles. The molecule has 0 saturated carbocycles. The second-order valence-electron chi connectivity index (χ2n) is 4.14. The van der Waals surface area contributed by atoms with Crippen LogP contribution in [-0.4, -0.2) is 5.91 Å². The number of carbonyl (C=O) groups is 1. The molecule has 0 unspecified atom stereocenters. The highest BCUT2D eigenvalue weighted by atomic mass is 35.5. The fraction of sp³-hybridized carbons (Fsp3) is 0.0714. The Kier molecular flexibility index (Phi) is 3.98. The number of anilines is 2. The number of carbonyl (C=O) groups excluding carboxylic acids is 1. The Bertz CT molecular complexity index is 641. The monoisotopic (exact) mass is 294 g/mol. The van der Waals surface area contributed by atoms with Gasteiger partial charge in [0.15, 0.2) is 0 Å². The van der Waals surface area contributed by atoms with Crippen LogP contribution in [0.4, 0.5) is 11.4 Å². The van der Waals surface area contributed by atoms with Gasteiger partial charge in [-0.2, -0.15) is 0 Å². The van der Waals surface area contributed by atoms with Crippen molar-refractivity contribution in [2.24, 2.45) is 0 Å². The van der Waals surface area contributed by atoms with Gasteiger partial charge in [0.2, 0.25) is 0 Å². The Morgan fingerprint density at radius 3 is 2.47 bits per heavy atom. The molecule has 98 valence electrons. The predicted octanol–water partition coefficient (Wildman–Crippen LogP) is 4.14. The fourth-order valence-corrected chi connectivity index (χ4v) is 1.99. The largest absolute Gasteiger partial charge is 0.398 e. The maximum atomic E-state index is 12.2. The summed E-state index contributed by atoms with van der Waals surface area (Å²) in [5.74, 6) is -0.314. The van der Waals surface area contributed by atoms with Gasteiger partial charge in [-0.3, -0.25) is 4.79 Å². The van der Waals surface area contributed by atoms with E-state index in [1.807, 2.05) is 13.0 Å². The van der Waals surface area contributed by atoms with Crippen molar-refractivity contribution < 1.29 is 4.79 Å². The molecular weight excluding hydrogens is 283 g/mol. The highest BCUT2D eigenvalue weighted by Crippen LogP contribution is 2.23. The number of nitrogens with one attached hydrogen (secondary N) is 1. The van der Waals surface area contributed by atoms with Crippen LogP contribution in [-0.2, 0) is 0 Å². The van der Waals surface area contributed by atoms with E-state index in [1.54, 1.807) is 24.3 Å². The summed E-state index contributed by atoms with van der Waals surface area (Å²) in [5, 5.41) is 3.79. The smallest absolute Gasteiger partial charge is 0.257 e. The molecule has 0 spiro atoms.